The molecule has 2 amide bonds. The van der Waals surface area contributed by atoms with Gasteiger partial charge in [-0.2, -0.15) is 0 Å². The van der Waals surface area contributed by atoms with Gasteiger partial charge >= 0.3 is 5.97 Å². The zero-order valence-corrected chi connectivity index (χ0v) is 17.4. The molecular formula is C23H24N2O6. The van der Waals surface area contributed by atoms with Crippen molar-refractivity contribution >= 4 is 17.8 Å². The normalized spacial score (nSPS) is 19.7. The molecular weight excluding hydrogens is 400 g/mol. The molecule has 2 aliphatic rings. The molecule has 31 heavy (non-hydrogen) atoms. The van der Waals surface area contributed by atoms with Crippen molar-refractivity contribution in [3.8, 4) is 11.5 Å². The smallest absolute Gasteiger partial charge is 0.344 e. The Bertz CT molecular complexity index is 1010. The molecule has 2 aromatic rings. The van der Waals surface area contributed by atoms with Crippen LogP contribution in [0, 0.1) is 0 Å². The van der Waals surface area contributed by atoms with Crippen LogP contribution in [0.3, 0.4) is 0 Å². The van der Waals surface area contributed by atoms with Crippen molar-refractivity contribution in [2.24, 2.45) is 0 Å². The molecule has 2 aliphatic heterocycles. The number of methoxy groups -OCH3 is 2. The van der Waals surface area contributed by atoms with Gasteiger partial charge < -0.3 is 19.5 Å². The van der Waals surface area contributed by atoms with Crippen molar-refractivity contribution in [3.05, 3.63) is 59.2 Å². The zero-order valence-electron chi connectivity index (χ0n) is 17.4. The van der Waals surface area contributed by atoms with Crippen molar-refractivity contribution < 1.29 is 28.6 Å². The summed E-state index contributed by atoms with van der Waals surface area (Å²) in [5, 5.41) is 2.91. The molecule has 8 nitrogen and oxygen atoms in total. The molecule has 0 radical (unpaired) electrons. The number of hydrogen-bond acceptors (Lipinski definition) is 6. The molecule has 0 aliphatic carbocycles. The summed E-state index contributed by atoms with van der Waals surface area (Å²) in [7, 11) is 2.91. The molecule has 0 bridgehead atoms. The molecule has 162 valence electrons. The summed E-state index contributed by atoms with van der Waals surface area (Å²) in [5.41, 5.74) is 1.82. The fraction of sp³-hybridized carbons (Fsp3) is 0.348. The molecule has 4 rings (SSSR count). The van der Waals surface area contributed by atoms with Gasteiger partial charge in [-0.25, -0.2) is 4.79 Å². The van der Waals surface area contributed by atoms with Gasteiger partial charge in [0.1, 0.15) is 11.6 Å². The minimum absolute atomic E-state index is 0.216. The third-order valence-corrected chi connectivity index (χ3v) is 5.63. The Morgan fingerprint density at radius 2 is 1.90 bits per heavy atom. The number of carbonyl (C=O) groups excluding carboxylic acids is 3. The number of ether oxygens (including phenoxy) is 3. The lowest BCUT2D eigenvalue weighted by molar-refractivity contribution is -0.145. The Morgan fingerprint density at radius 3 is 2.61 bits per heavy atom. The topological polar surface area (TPSA) is 94.2 Å². The molecule has 1 N–H and O–H groups in total. The number of rotatable bonds is 7. The van der Waals surface area contributed by atoms with Crippen LogP contribution in [0.2, 0.25) is 0 Å². The van der Waals surface area contributed by atoms with Crippen molar-refractivity contribution in [3.63, 3.8) is 0 Å². The largest absolute Gasteiger partial charge is 0.493 e. The highest BCUT2D eigenvalue weighted by Gasteiger charge is 2.47. The van der Waals surface area contributed by atoms with Gasteiger partial charge in [0, 0.05) is 18.5 Å². The van der Waals surface area contributed by atoms with E-state index in [9.17, 15) is 14.4 Å². The first-order valence-electron chi connectivity index (χ1n) is 10.1. The van der Waals surface area contributed by atoms with E-state index >= 15 is 0 Å². The fourth-order valence-corrected chi connectivity index (χ4v) is 4.14. The van der Waals surface area contributed by atoms with Gasteiger partial charge in [0.25, 0.3) is 0 Å². The van der Waals surface area contributed by atoms with Gasteiger partial charge in [-0.15, -0.1) is 0 Å². The Kier molecular flexibility index (Phi) is 5.79. The second-order valence-corrected chi connectivity index (χ2v) is 7.41. The summed E-state index contributed by atoms with van der Waals surface area (Å²) >= 11 is 0. The van der Waals surface area contributed by atoms with Gasteiger partial charge in [-0.3, -0.25) is 14.5 Å². The molecule has 2 heterocycles. The van der Waals surface area contributed by atoms with E-state index in [0.29, 0.717) is 30.7 Å². The Balaban J connectivity index is 1.53. The summed E-state index contributed by atoms with van der Waals surface area (Å²) in [6, 6.07) is 12.4. The van der Waals surface area contributed by atoms with Crippen molar-refractivity contribution in [1.82, 2.24) is 10.2 Å². The lowest BCUT2D eigenvalue weighted by atomic mass is 10.1. The van der Waals surface area contributed by atoms with Crippen LogP contribution in [-0.4, -0.2) is 49.5 Å². The van der Waals surface area contributed by atoms with Gasteiger partial charge in [0.15, 0.2) is 11.5 Å². The second kappa shape index (κ2) is 8.67. The van der Waals surface area contributed by atoms with Gasteiger partial charge in [-0.1, -0.05) is 30.3 Å². The minimum atomic E-state index is -0.970. The number of likely N-dealkylation sites (tertiary alicyclic amines) is 1. The van der Waals surface area contributed by atoms with Crippen LogP contribution in [-0.2, 0) is 20.7 Å². The molecule has 8 heteroatoms. The molecule has 0 saturated carbocycles. The standard InChI is InChI=1S/C23H24N2O6/c1-29-17-10-8-15-19(20(17)30-2)23(28)31-22(15)25-16(9-11-18(25)26)21(27)24-13-12-14-6-4-3-5-7-14/h3-8,10,16,22H,9,11-13H2,1-2H3,(H,24,27). The summed E-state index contributed by atoms with van der Waals surface area (Å²) < 4.78 is 16.1. The predicted octanol–water partition coefficient (Wildman–Crippen LogP) is 2.22. The van der Waals surface area contributed by atoms with Crippen LogP contribution in [0.1, 0.15) is 40.6 Å². The number of esters is 1. The molecule has 0 spiro atoms. The monoisotopic (exact) mass is 424 g/mol. The summed E-state index contributed by atoms with van der Waals surface area (Å²) in [5.74, 6) is -0.459. The summed E-state index contributed by atoms with van der Waals surface area (Å²) in [6.07, 6.45) is 0.299. The Morgan fingerprint density at radius 1 is 1.13 bits per heavy atom. The number of nitrogens with zero attached hydrogens (tertiary/aromatic N) is 1. The van der Waals surface area contributed by atoms with E-state index in [-0.39, 0.29) is 29.5 Å². The van der Waals surface area contributed by atoms with Gasteiger partial charge in [-0.05, 0) is 30.5 Å². The average molecular weight is 424 g/mol. The molecule has 1 saturated heterocycles. The van der Waals surface area contributed by atoms with E-state index in [4.69, 9.17) is 14.2 Å². The van der Waals surface area contributed by atoms with Crippen LogP contribution in [0.25, 0.3) is 0 Å². The zero-order chi connectivity index (χ0) is 22.0. The van der Waals surface area contributed by atoms with E-state index in [2.05, 4.69) is 5.32 Å². The number of cyclic esters (lactones) is 1. The first kappa shape index (κ1) is 20.7. The van der Waals surface area contributed by atoms with E-state index < -0.39 is 18.2 Å². The van der Waals surface area contributed by atoms with Crippen LogP contribution in [0.4, 0.5) is 0 Å². The highest BCUT2D eigenvalue weighted by molar-refractivity contribution is 5.99. The Hall–Kier alpha value is -3.55. The van der Waals surface area contributed by atoms with E-state index in [1.54, 1.807) is 12.1 Å². The number of fused-ring (bicyclic) bond motifs is 1. The molecule has 2 atom stereocenters. The maximum Gasteiger partial charge on any atom is 0.344 e. The number of nitrogens with one attached hydrogen (secondary N) is 1. The van der Waals surface area contributed by atoms with Gasteiger partial charge in [0.2, 0.25) is 18.0 Å². The third kappa shape index (κ3) is 3.81. The number of carbonyl (C=O) groups is 3. The lowest BCUT2D eigenvalue weighted by Gasteiger charge is -2.29. The maximum atomic E-state index is 12.9. The first-order valence-corrected chi connectivity index (χ1v) is 10.1. The maximum absolute atomic E-state index is 12.9. The van der Waals surface area contributed by atoms with Crippen molar-refractivity contribution in [1.29, 1.82) is 0 Å². The van der Waals surface area contributed by atoms with Gasteiger partial charge in [0.05, 0.1) is 14.2 Å². The highest BCUT2D eigenvalue weighted by atomic mass is 16.6. The molecule has 2 unspecified atom stereocenters. The summed E-state index contributed by atoms with van der Waals surface area (Å²) in [6.45, 7) is 0.452. The number of hydrogen-bond donors (Lipinski definition) is 1. The first-order chi connectivity index (χ1) is 15.0. The molecule has 2 aromatic carbocycles. The van der Waals surface area contributed by atoms with E-state index in [0.717, 1.165) is 5.56 Å². The second-order valence-electron chi connectivity index (χ2n) is 7.41. The number of amides is 2. The van der Waals surface area contributed by atoms with E-state index in [1.807, 2.05) is 30.3 Å². The third-order valence-electron chi connectivity index (χ3n) is 5.63. The van der Waals surface area contributed by atoms with Crippen LogP contribution >= 0.6 is 0 Å². The highest BCUT2D eigenvalue weighted by Crippen LogP contribution is 2.45. The minimum Gasteiger partial charge on any atom is -0.493 e. The number of benzene rings is 2. The summed E-state index contributed by atoms with van der Waals surface area (Å²) in [4.78, 5) is 39.5. The van der Waals surface area contributed by atoms with E-state index in [1.165, 1.54) is 19.1 Å². The average Bonchev–Trinajstić information content (AvgIpc) is 3.33. The van der Waals surface area contributed by atoms with Crippen molar-refractivity contribution in [2.75, 3.05) is 20.8 Å². The fourth-order valence-electron chi connectivity index (χ4n) is 4.14. The SMILES string of the molecule is COc1ccc2c(c1OC)C(=O)OC2N1C(=O)CCC1C(=O)NCCc1ccccc1. The molecule has 0 aromatic heterocycles. The lowest BCUT2D eigenvalue weighted by Crippen LogP contribution is -2.46. The van der Waals surface area contributed by atoms with Crippen LogP contribution in [0.5, 0.6) is 11.5 Å². The van der Waals surface area contributed by atoms with Crippen LogP contribution in [0.15, 0.2) is 42.5 Å². The quantitative estimate of drug-likeness (QED) is 0.685. The predicted molar refractivity (Wildman–Crippen MR) is 111 cm³/mol. The Labute approximate surface area is 180 Å². The van der Waals surface area contributed by atoms with Crippen molar-refractivity contribution in [2.45, 2.75) is 31.5 Å². The van der Waals surface area contributed by atoms with Crippen LogP contribution < -0.4 is 14.8 Å². The molecule has 1 fully saturated rings.